The van der Waals surface area contributed by atoms with Crippen molar-refractivity contribution in [3.8, 4) is 11.4 Å². The van der Waals surface area contributed by atoms with Crippen LogP contribution in [0.4, 0.5) is 14.5 Å². The first kappa shape index (κ1) is 13.9. The molecule has 1 fully saturated rings. The molecule has 7 heteroatoms. The van der Waals surface area contributed by atoms with Gasteiger partial charge in [-0.2, -0.15) is 0 Å². The normalized spacial score (nSPS) is 19.7. The molecule has 112 valence electrons. The minimum atomic E-state index is -0.789. The zero-order valence-corrected chi connectivity index (χ0v) is 12.4. The van der Waals surface area contributed by atoms with Gasteiger partial charge in [-0.15, -0.1) is 5.10 Å². The quantitative estimate of drug-likeness (QED) is 0.864. The van der Waals surface area contributed by atoms with E-state index in [1.807, 2.05) is 0 Å². The number of tetrazole rings is 1. The summed E-state index contributed by atoms with van der Waals surface area (Å²) >= 11 is 0. The van der Waals surface area contributed by atoms with Crippen LogP contribution in [0.3, 0.4) is 0 Å². The third-order valence-electron chi connectivity index (χ3n) is 5.01. The van der Waals surface area contributed by atoms with Crippen molar-refractivity contribution in [2.24, 2.45) is 10.8 Å². The highest BCUT2D eigenvalue weighted by Crippen LogP contribution is 2.71. The summed E-state index contributed by atoms with van der Waals surface area (Å²) in [6.45, 7) is 8.44. The smallest absolute Gasteiger partial charge is 0.185 e. The molecule has 1 saturated carbocycles. The highest BCUT2D eigenvalue weighted by Gasteiger charge is 2.67. The van der Waals surface area contributed by atoms with E-state index in [4.69, 9.17) is 5.73 Å². The zero-order valence-electron chi connectivity index (χ0n) is 12.4. The van der Waals surface area contributed by atoms with Crippen molar-refractivity contribution in [3.63, 3.8) is 0 Å². The Morgan fingerprint density at radius 2 is 1.71 bits per heavy atom. The van der Waals surface area contributed by atoms with Crippen LogP contribution in [0.25, 0.3) is 11.4 Å². The van der Waals surface area contributed by atoms with E-state index < -0.39 is 11.6 Å². The Kier molecular flexibility index (Phi) is 2.64. The SMILES string of the molecule is CC1(C)C(n2nnnc2-c2cc(N)c(F)cc2F)C1(C)C. The van der Waals surface area contributed by atoms with Crippen molar-refractivity contribution in [2.45, 2.75) is 33.7 Å². The number of rotatable bonds is 2. The molecule has 0 radical (unpaired) electrons. The molecule has 1 aliphatic rings. The Bertz CT molecular complexity index is 706. The van der Waals surface area contributed by atoms with Gasteiger partial charge in [0.05, 0.1) is 17.3 Å². The molecule has 0 spiro atoms. The number of hydrogen-bond donors (Lipinski definition) is 1. The second kappa shape index (κ2) is 3.99. The lowest BCUT2D eigenvalue weighted by atomic mass is 10.0. The molecule has 0 saturated heterocycles. The van der Waals surface area contributed by atoms with E-state index in [1.165, 1.54) is 6.07 Å². The average Bonchev–Trinajstić information content (AvgIpc) is 2.72. The summed E-state index contributed by atoms with van der Waals surface area (Å²) in [5, 5.41) is 11.5. The number of aromatic nitrogens is 4. The summed E-state index contributed by atoms with van der Waals surface area (Å²) in [5.41, 5.74) is 5.47. The topological polar surface area (TPSA) is 69.6 Å². The summed E-state index contributed by atoms with van der Waals surface area (Å²) < 4.78 is 28.9. The van der Waals surface area contributed by atoms with Crippen molar-refractivity contribution in [1.29, 1.82) is 0 Å². The van der Waals surface area contributed by atoms with Crippen LogP contribution in [0.1, 0.15) is 33.7 Å². The summed E-state index contributed by atoms with van der Waals surface area (Å²) in [5.74, 6) is -1.25. The lowest BCUT2D eigenvalue weighted by Crippen LogP contribution is -2.07. The van der Waals surface area contributed by atoms with E-state index in [9.17, 15) is 8.78 Å². The van der Waals surface area contributed by atoms with Crippen LogP contribution < -0.4 is 5.73 Å². The number of anilines is 1. The molecular weight excluding hydrogens is 276 g/mol. The van der Waals surface area contributed by atoms with Gasteiger partial charge in [0.2, 0.25) is 0 Å². The first-order valence-electron chi connectivity index (χ1n) is 6.70. The third-order valence-corrected chi connectivity index (χ3v) is 5.01. The number of halogens is 2. The number of nitrogen functional groups attached to an aromatic ring is 1. The Hall–Kier alpha value is -2.05. The van der Waals surface area contributed by atoms with Crippen LogP contribution in [0.15, 0.2) is 12.1 Å². The molecule has 0 bridgehead atoms. The second-order valence-electron chi connectivity index (χ2n) is 6.65. The van der Waals surface area contributed by atoms with Crippen LogP contribution in [0.2, 0.25) is 0 Å². The van der Waals surface area contributed by atoms with Gasteiger partial charge in [0.1, 0.15) is 11.6 Å². The maximum Gasteiger partial charge on any atom is 0.185 e. The van der Waals surface area contributed by atoms with Crippen molar-refractivity contribution in [3.05, 3.63) is 23.8 Å². The minimum Gasteiger partial charge on any atom is -0.396 e. The highest BCUT2D eigenvalue weighted by molar-refractivity contribution is 5.62. The van der Waals surface area contributed by atoms with E-state index in [0.717, 1.165) is 6.07 Å². The molecule has 3 rings (SSSR count). The Balaban J connectivity index is 2.12. The number of nitrogens with zero attached hydrogens (tertiary/aromatic N) is 4. The lowest BCUT2D eigenvalue weighted by Gasteiger charge is -2.08. The maximum absolute atomic E-state index is 14.0. The molecule has 2 aromatic rings. The monoisotopic (exact) mass is 293 g/mol. The zero-order chi connectivity index (χ0) is 15.6. The number of hydrogen-bond acceptors (Lipinski definition) is 4. The summed E-state index contributed by atoms with van der Waals surface area (Å²) in [7, 11) is 0. The first-order valence-corrected chi connectivity index (χ1v) is 6.70. The number of nitrogens with two attached hydrogens (primary N) is 1. The fraction of sp³-hybridized carbons (Fsp3) is 0.500. The van der Waals surface area contributed by atoms with Gasteiger partial charge in [-0.05, 0) is 27.3 Å². The molecule has 21 heavy (non-hydrogen) atoms. The van der Waals surface area contributed by atoms with E-state index in [1.54, 1.807) is 4.68 Å². The molecule has 0 unspecified atom stereocenters. The summed E-state index contributed by atoms with van der Waals surface area (Å²) in [4.78, 5) is 0. The van der Waals surface area contributed by atoms with Crippen LogP contribution in [0.5, 0.6) is 0 Å². The fourth-order valence-electron chi connectivity index (χ4n) is 3.05. The predicted octanol–water partition coefficient (Wildman–Crippen LogP) is 2.81. The predicted molar refractivity (Wildman–Crippen MR) is 74.2 cm³/mol. The largest absolute Gasteiger partial charge is 0.396 e. The van der Waals surface area contributed by atoms with Crippen LogP contribution in [-0.4, -0.2) is 20.2 Å². The van der Waals surface area contributed by atoms with Gasteiger partial charge in [0, 0.05) is 6.07 Å². The standard InChI is InChI=1S/C14H17F2N5/c1-13(2)12(14(13,3)4)21-11(18-19-20-21)7-5-10(17)9(16)6-8(7)15/h5-6,12H,17H2,1-4H3. The molecule has 1 aromatic carbocycles. The van der Waals surface area contributed by atoms with Gasteiger partial charge in [0.15, 0.2) is 5.82 Å². The van der Waals surface area contributed by atoms with Gasteiger partial charge >= 0.3 is 0 Å². The molecule has 0 amide bonds. The van der Waals surface area contributed by atoms with Crippen LogP contribution in [0, 0.1) is 22.5 Å². The van der Waals surface area contributed by atoms with Gasteiger partial charge in [-0.25, -0.2) is 13.5 Å². The lowest BCUT2D eigenvalue weighted by molar-refractivity contribution is 0.457. The van der Waals surface area contributed by atoms with Crippen LogP contribution in [-0.2, 0) is 0 Å². The van der Waals surface area contributed by atoms with E-state index in [2.05, 4.69) is 43.2 Å². The molecule has 2 N–H and O–H groups in total. The summed E-state index contributed by atoms with van der Waals surface area (Å²) in [6, 6.07) is 2.03. The van der Waals surface area contributed by atoms with E-state index in [0.29, 0.717) is 0 Å². The Morgan fingerprint density at radius 3 is 2.29 bits per heavy atom. The van der Waals surface area contributed by atoms with Gasteiger partial charge in [0.25, 0.3) is 0 Å². The van der Waals surface area contributed by atoms with Crippen molar-refractivity contribution < 1.29 is 8.78 Å². The average molecular weight is 293 g/mol. The third kappa shape index (κ3) is 1.76. The maximum atomic E-state index is 14.0. The fourth-order valence-corrected chi connectivity index (χ4v) is 3.05. The molecule has 0 aliphatic heterocycles. The summed E-state index contributed by atoms with van der Waals surface area (Å²) in [6.07, 6.45) is 0. The van der Waals surface area contributed by atoms with Crippen LogP contribution >= 0.6 is 0 Å². The van der Waals surface area contributed by atoms with Gasteiger partial charge in [-0.1, -0.05) is 27.7 Å². The van der Waals surface area contributed by atoms with E-state index >= 15 is 0 Å². The molecule has 0 atom stereocenters. The second-order valence-corrected chi connectivity index (χ2v) is 6.65. The van der Waals surface area contributed by atoms with Crippen molar-refractivity contribution in [2.75, 3.05) is 5.73 Å². The molecule has 1 heterocycles. The van der Waals surface area contributed by atoms with E-state index in [-0.39, 0.29) is 33.9 Å². The molecule has 1 aliphatic carbocycles. The Morgan fingerprint density at radius 1 is 1.10 bits per heavy atom. The van der Waals surface area contributed by atoms with Crippen molar-refractivity contribution in [1.82, 2.24) is 20.2 Å². The molecular formula is C14H17F2N5. The first-order chi connectivity index (χ1) is 9.68. The van der Waals surface area contributed by atoms with Gasteiger partial charge in [-0.3, -0.25) is 0 Å². The number of benzene rings is 1. The molecule has 5 nitrogen and oxygen atoms in total. The Labute approximate surface area is 121 Å². The van der Waals surface area contributed by atoms with Gasteiger partial charge < -0.3 is 5.73 Å². The van der Waals surface area contributed by atoms with Crippen molar-refractivity contribution >= 4 is 5.69 Å². The minimum absolute atomic E-state index is 0.0147. The highest BCUT2D eigenvalue weighted by atomic mass is 19.1. The molecule has 1 aromatic heterocycles.